The van der Waals surface area contributed by atoms with Crippen LogP contribution in [0.15, 0.2) is 48.7 Å². The van der Waals surface area contributed by atoms with Crippen molar-refractivity contribution in [3.05, 3.63) is 59.8 Å². The summed E-state index contributed by atoms with van der Waals surface area (Å²) in [6, 6.07) is 14.2. The Bertz CT molecular complexity index is 516. The Balaban J connectivity index is 2.14. The van der Waals surface area contributed by atoms with Crippen LogP contribution in [0, 0.1) is 0 Å². The zero-order chi connectivity index (χ0) is 15.1. The third kappa shape index (κ3) is 4.05. The molecule has 0 spiro atoms. The number of rotatable bonds is 7. The van der Waals surface area contributed by atoms with E-state index in [4.69, 9.17) is 5.73 Å². The highest BCUT2D eigenvalue weighted by Crippen LogP contribution is 2.20. The second-order valence-corrected chi connectivity index (χ2v) is 5.33. The summed E-state index contributed by atoms with van der Waals surface area (Å²) < 4.78 is 0. The number of anilines is 1. The monoisotopic (exact) mass is 283 g/mol. The zero-order valence-corrected chi connectivity index (χ0v) is 13.0. The van der Waals surface area contributed by atoms with E-state index in [0.717, 1.165) is 42.9 Å². The van der Waals surface area contributed by atoms with Crippen LogP contribution in [0.25, 0.3) is 0 Å². The van der Waals surface area contributed by atoms with Crippen LogP contribution < -0.4 is 10.6 Å². The molecule has 2 rings (SSSR count). The number of aromatic nitrogens is 1. The van der Waals surface area contributed by atoms with Crippen molar-refractivity contribution in [1.29, 1.82) is 0 Å². The van der Waals surface area contributed by atoms with Gasteiger partial charge in [-0.3, -0.25) is 0 Å². The van der Waals surface area contributed by atoms with Gasteiger partial charge in [-0.15, -0.1) is 0 Å². The minimum atomic E-state index is -0.112. The molecule has 2 N–H and O–H groups in total. The maximum atomic E-state index is 6.31. The molecule has 0 aliphatic rings. The van der Waals surface area contributed by atoms with E-state index in [1.165, 1.54) is 0 Å². The lowest BCUT2D eigenvalue weighted by Crippen LogP contribution is -2.26. The van der Waals surface area contributed by atoms with Crippen LogP contribution in [-0.2, 0) is 0 Å². The van der Waals surface area contributed by atoms with E-state index in [9.17, 15) is 0 Å². The third-order valence-electron chi connectivity index (χ3n) is 3.60. The van der Waals surface area contributed by atoms with Gasteiger partial charge in [-0.1, -0.05) is 50.2 Å². The predicted octanol–water partition coefficient (Wildman–Crippen LogP) is 3.76. The lowest BCUT2D eigenvalue weighted by Gasteiger charge is -2.23. The molecule has 0 bridgehead atoms. The van der Waals surface area contributed by atoms with Gasteiger partial charge in [-0.2, -0.15) is 0 Å². The van der Waals surface area contributed by atoms with Crippen LogP contribution in [-0.4, -0.2) is 18.1 Å². The lowest BCUT2D eigenvalue weighted by atomic mass is 10.0. The van der Waals surface area contributed by atoms with Crippen LogP contribution in [0.5, 0.6) is 0 Å². The normalized spacial score (nSPS) is 12.1. The van der Waals surface area contributed by atoms with Crippen LogP contribution in [0.1, 0.15) is 43.9 Å². The Morgan fingerprint density at radius 2 is 1.62 bits per heavy atom. The standard InChI is InChI=1S/C18H25N3/c1-3-12-21(13-4-2)17-11-10-16(14-20-17)18(19)15-8-6-5-7-9-15/h5-11,14,18H,3-4,12-13,19H2,1-2H3/t18-/m0/s1. The zero-order valence-electron chi connectivity index (χ0n) is 13.0. The molecule has 0 unspecified atom stereocenters. The van der Waals surface area contributed by atoms with Crippen molar-refractivity contribution in [2.24, 2.45) is 5.73 Å². The number of pyridine rings is 1. The molecule has 1 aromatic carbocycles. The highest BCUT2D eigenvalue weighted by atomic mass is 15.2. The molecule has 2 aromatic rings. The Labute approximate surface area is 127 Å². The van der Waals surface area contributed by atoms with Crippen LogP contribution >= 0.6 is 0 Å². The molecular formula is C18H25N3. The number of nitrogens with zero attached hydrogens (tertiary/aromatic N) is 2. The first kappa shape index (κ1) is 15.5. The number of benzene rings is 1. The van der Waals surface area contributed by atoms with Gasteiger partial charge in [0.25, 0.3) is 0 Å². The average molecular weight is 283 g/mol. The first-order valence-corrected chi connectivity index (χ1v) is 7.77. The van der Waals surface area contributed by atoms with Crippen molar-refractivity contribution >= 4 is 5.82 Å². The average Bonchev–Trinajstić information content (AvgIpc) is 2.55. The fourth-order valence-electron chi connectivity index (χ4n) is 2.50. The summed E-state index contributed by atoms with van der Waals surface area (Å²) in [5.74, 6) is 1.04. The van der Waals surface area contributed by atoms with Crippen molar-refractivity contribution in [2.75, 3.05) is 18.0 Å². The molecule has 3 heteroatoms. The Morgan fingerprint density at radius 1 is 0.952 bits per heavy atom. The Kier molecular flexibility index (Phi) is 5.76. The second kappa shape index (κ2) is 7.79. The molecule has 0 radical (unpaired) electrons. The van der Waals surface area contributed by atoms with Crippen molar-refractivity contribution < 1.29 is 0 Å². The van der Waals surface area contributed by atoms with Gasteiger partial charge < -0.3 is 10.6 Å². The molecule has 1 aromatic heterocycles. The highest BCUT2D eigenvalue weighted by molar-refractivity contribution is 5.41. The molecule has 0 aliphatic carbocycles. The molecule has 0 saturated heterocycles. The van der Waals surface area contributed by atoms with Gasteiger partial charge in [-0.05, 0) is 30.0 Å². The van der Waals surface area contributed by atoms with Gasteiger partial charge >= 0.3 is 0 Å². The van der Waals surface area contributed by atoms with Gasteiger partial charge in [0.2, 0.25) is 0 Å². The topological polar surface area (TPSA) is 42.1 Å². The first-order chi connectivity index (χ1) is 10.3. The highest BCUT2D eigenvalue weighted by Gasteiger charge is 2.10. The van der Waals surface area contributed by atoms with Crippen LogP contribution in [0.4, 0.5) is 5.82 Å². The number of hydrogen-bond acceptors (Lipinski definition) is 3. The summed E-state index contributed by atoms with van der Waals surface area (Å²) in [6.07, 6.45) is 4.17. The minimum Gasteiger partial charge on any atom is -0.357 e. The second-order valence-electron chi connectivity index (χ2n) is 5.33. The van der Waals surface area contributed by atoms with E-state index in [0.29, 0.717) is 0 Å². The molecule has 0 fully saturated rings. The van der Waals surface area contributed by atoms with E-state index in [2.05, 4.69) is 48.0 Å². The van der Waals surface area contributed by atoms with E-state index in [-0.39, 0.29) is 6.04 Å². The molecule has 112 valence electrons. The van der Waals surface area contributed by atoms with Crippen molar-refractivity contribution in [3.63, 3.8) is 0 Å². The summed E-state index contributed by atoms with van der Waals surface area (Å²) in [5.41, 5.74) is 8.48. The van der Waals surface area contributed by atoms with E-state index >= 15 is 0 Å². The SMILES string of the molecule is CCCN(CCC)c1ccc([C@@H](N)c2ccccc2)cn1. The van der Waals surface area contributed by atoms with Gasteiger partial charge in [0.15, 0.2) is 0 Å². The molecule has 21 heavy (non-hydrogen) atoms. The maximum absolute atomic E-state index is 6.31. The largest absolute Gasteiger partial charge is 0.357 e. The summed E-state index contributed by atoms with van der Waals surface area (Å²) in [7, 11) is 0. The van der Waals surface area contributed by atoms with Gasteiger partial charge in [0.05, 0.1) is 6.04 Å². The summed E-state index contributed by atoms with van der Waals surface area (Å²) in [6.45, 7) is 6.49. The third-order valence-corrected chi connectivity index (χ3v) is 3.60. The molecule has 0 saturated carbocycles. The van der Waals surface area contributed by atoms with Crippen LogP contribution in [0.3, 0.4) is 0 Å². The van der Waals surface area contributed by atoms with Crippen LogP contribution in [0.2, 0.25) is 0 Å². The van der Waals surface area contributed by atoms with Gasteiger partial charge in [0, 0.05) is 19.3 Å². The number of nitrogens with two attached hydrogens (primary N) is 1. The predicted molar refractivity (Wildman–Crippen MR) is 89.5 cm³/mol. The molecule has 1 heterocycles. The summed E-state index contributed by atoms with van der Waals surface area (Å²) >= 11 is 0. The van der Waals surface area contributed by atoms with E-state index in [1.807, 2.05) is 24.4 Å². The molecule has 0 amide bonds. The quantitative estimate of drug-likeness (QED) is 0.841. The van der Waals surface area contributed by atoms with Gasteiger partial charge in [0.1, 0.15) is 5.82 Å². The van der Waals surface area contributed by atoms with Crippen molar-refractivity contribution in [2.45, 2.75) is 32.7 Å². The van der Waals surface area contributed by atoms with E-state index < -0.39 is 0 Å². The molecule has 0 aliphatic heterocycles. The molecular weight excluding hydrogens is 258 g/mol. The summed E-state index contributed by atoms with van der Waals surface area (Å²) in [4.78, 5) is 6.94. The number of hydrogen-bond donors (Lipinski definition) is 1. The molecule has 3 nitrogen and oxygen atoms in total. The first-order valence-electron chi connectivity index (χ1n) is 7.77. The Hall–Kier alpha value is -1.87. The van der Waals surface area contributed by atoms with E-state index in [1.54, 1.807) is 0 Å². The van der Waals surface area contributed by atoms with Crippen molar-refractivity contribution in [3.8, 4) is 0 Å². The maximum Gasteiger partial charge on any atom is 0.128 e. The van der Waals surface area contributed by atoms with Gasteiger partial charge in [-0.25, -0.2) is 4.98 Å². The Morgan fingerprint density at radius 3 is 2.14 bits per heavy atom. The van der Waals surface area contributed by atoms with Crippen molar-refractivity contribution in [1.82, 2.24) is 4.98 Å². The molecule has 1 atom stereocenters. The fraction of sp³-hybridized carbons (Fsp3) is 0.389. The fourth-order valence-corrected chi connectivity index (χ4v) is 2.50. The smallest absolute Gasteiger partial charge is 0.128 e. The summed E-state index contributed by atoms with van der Waals surface area (Å²) in [5, 5.41) is 0. The minimum absolute atomic E-state index is 0.112. The lowest BCUT2D eigenvalue weighted by molar-refractivity contribution is 0.732.